The zero-order valence-electron chi connectivity index (χ0n) is 8.93. The van der Waals surface area contributed by atoms with Crippen LogP contribution in [0.1, 0.15) is 11.1 Å². The SMILES string of the molecule is [O]Cc1ccc(OCc2ccccc2)cc1. The van der Waals surface area contributed by atoms with Crippen molar-refractivity contribution in [2.24, 2.45) is 0 Å². The van der Waals surface area contributed by atoms with E-state index in [0.717, 1.165) is 16.9 Å². The first-order valence-electron chi connectivity index (χ1n) is 5.22. The maximum Gasteiger partial charge on any atom is 0.119 e. The van der Waals surface area contributed by atoms with Gasteiger partial charge < -0.3 is 4.74 Å². The molecule has 2 heteroatoms. The fourth-order valence-electron chi connectivity index (χ4n) is 1.42. The minimum Gasteiger partial charge on any atom is -0.489 e. The Bertz CT molecular complexity index is 420. The maximum atomic E-state index is 10.6. The van der Waals surface area contributed by atoms with Gasteiger partial charge in [-0.25, -0.2) is 5.11 Å². The molecule has 0 aliphatic carbocycles. The molecule has 2 rings (SSSR count). The first kappa shape index (κ1) is 10.7. The standard InChI is InChI=1S/C14H13O2/c15-10-12-6-8-14(9-7-12)16-11-13-4-2-1-3-5-13/h1-9H,10-11H2. The highest BCUT2D eigenvalue weighted by Gasteiger charge is 1.96. The van der Waals surface area contributed by atoms with Crippen molar-refractivity contribution in [3.05, 3.63) is 65.7 Å². The van der Waals surface area contributed by atoms with Gasteiger partial charge in [0, 0.05) is 0 Å². The van der Waals surface area contributed by atoms with Crippen LogP contribution in [0.25, 0.3) is 0 Å². The Morgan fingerprint density at radius 3 is 2.12 bits per heavy atom. The maximum absolute atomic E-state index is 10.6. The molecule has 0 heterocycles. The molecule has 0 bridgehead atoms. The van der Waals surface area contributed by atoms with Crippen LogP contribution >= 0.6 is 0 Å². The third-order valence-corrected chi connectivity index (χ3v) is 2.34. The van der Waals surface area contributed by atoms with Crippen LogP contribution in [0.2, 0.25) is 0 Å². The fourth-order valence-corrected chi connectivity index (χ4v) is 1.42. The van der Waals surface area contributed by atoms with Crippen LogP contribution in [0.5, 0.6) is 5.75 Å². The molecule has 0 aliphatic rings. The van der Waals surface area contributed by atoms with Crippen molar-refractivity contribution in [1.29, 1.82) is 0 Å². The van der Waals surface area contributed by atoms with E-state index in [1.165, 1.54) is 0 Å². The summed E-state index contributed by atoms with van der Waals surface area (Å²) >= 11 is 0. The second-order valence-electron chi connectivity index (χ2n) is 3.56. The van der Waals surface area contributed by atoms with Gasteiger partial charge in [-0.1, -0.05) is 42.5 Å². The van der Waals surface area contributed by atoms with Gasteiger partial charge in [-0.15, -0.1) is 0 Å². The number of hydrogen-bond acceptors (Lipinski definition) is 1. The number of rotatable bonds is 4. The zero-order chi connectivity index (χ0) is 11.2. The van der Waals surface area contributed by atoms with Gasteiger partial charge >= 0.3 is 0 Å². The monoisotopic (exact) mass is 213 g/mol. The van der Waals surface area contributed by atoms with E-state index in [0.29, 0.717) is 6.61 Å². The van der Waals surface area contributed by atoms with E-state index < -0.39 is 0 Å². The van der Waals surface area contributed by atoms with Crippen molar-refractivity contribution in [3.8, 4) is 5.75 Å². The van der Waals surface area contributed by atoms with Crippen LogP contribution in [0.3, 0.4) is 0 Å². The van der Waals surface area contributed by atoms with Crippen LogP contribution in [-0.2, 0) is 18.3 Å². The van der Waals surface area contributed by atoms with Gasteiger partial charge in [-0.3, -0.25) is 0 Å². The molecule has 81 valence electrons. The molecule has 1 radical (unpaired) electrons. The summed E-state index contributed by atoms with van der Waals surface area (Å²) in [5, 5.41) is 10.6. The molecule has 0 aromatic heterocycles. The summed E-state index contributed by atoms with van der Waals surface area (Å²) in [4.78, 5) is 0. The fraction of sp³-hybridized carbons (Fsp3) is 0.143. The van der Waals surface area contributed by atoms with Crippen LogP contribution in [0.4, 0.5) is 0 Å². The van der Waals surface area contributed by atoms with E-state index in [1.54, 1.807) is 12.1 Å². The van der Waals surface area contributed by atoms with E-state index >= 15 is 0 Å². The second kappa shape index (κ2) is 5.33. The van der Waals surface area contributed by atoms with E-state index in [1.807, 2.05) is 42.5 Å². The quantitative estimate of drug-likeness (QED) is 0.766. The molecular weight excluding hydrogens is 200 g/mol. The predicted octanol–water partition coefficient (Wildman–Crippen LogP) is 3.20. The van der Waals surface area contributed by atoms with Crippen LogP contribution < -0.4 is 4.74 Å². The Labute approximate surface area is 95.1 Å². The van der Waals surface area contributed by atoms with Crippen molar-refractivity contribution < 1.29 is 9.84 Å². The van der Waals surface area contributed by atoms with E-state index in [9.17, 15) is 5.11 Å². The van der Waals surface area contributed by atoms with Gasteiger partial charge in [0.05, 0.1) is 0 Å². The van der Waals surface area contributed by atoms with Gasteiger partial charge in [-0.2, -0.15) is 0 Å². The summed E-state index contributed by atoms with van der Waals surface area (Å²) < 4.78 is 5.59. The molecule has 0 saturated heterocycles. The molecule has 0 saturated carbocycles. The summed E-state index contributed by atoms with van der Waals surface area (Å²) in [7, 11) is 0. The molecular formula is C14H13O2. The molecule has 2 aromatic carbocycles. The molecule has 0 spiro atoms. The van der Waals surface area contributed by atoms with Gasteiger partial charge in [0.15, 0.2) is 0 Å². The molecule has 0 amide bonds. The van der Waals surface area contributed by atoms with Gasteiger partial charge in [0.2, 0.25) is 0 Å². The van der Waals surface area contributed by atoms with E-state index in [-0.39, 0.29) is 6.61 Å². The molecule has 2 nitrogen and oxygen atoms in total. The predicted molar refractivity (Wildman–Crippen MR) is 61.6 cm³/mol. The van der Waals surface area contributed by atoms with E-state index in [2.05, 4.69) is 0 Å². The highest BCUT2D eigenvalue weighted by Crippen LogP contribution is 2.14. The lowest BCUT2D eigenvalue weighted by atomic mass is 10.2. The topological polar surface area (TPSA) is 29.1 Å². The smallest absolute Gasteiger partial charge is 0.119 e. The first-order valence-corrected chi connectivity index (χ1v) is 5.22. The molecule has 2 aromatic rings. The normalized spacial score (nSPS) is 10.1. The lowest BCUT2D eigenvalue weighted by Gasteiger charge is -2.06. The molecule has 0 atom stereocenters. The molecule has 16 heavy (non-hydrogen) atoms. The van der Waals surface area contributed by atoms with Gasteiger partial charge in [-0.05, 0) is 23.3 Å². The summed E-state index contributed by atoms with van der Waals surface area (Å²) in [6.45, 7) is 0.372. The van der Waals surface area contributed by atoms with Crippen molar-refractivity contribution in [3.63, 3.8) is 0 Å². The highest BCUT2D eigenvalue weighted by molar-refractivity contribution is 5.27. The summed E-state index contributed by atoms with van der Waals surface area (Å²) in [5.74, 6) is 0.793. The number of hydrogen-bond donors (Lipinski definition) is 0. The third kappa shape index (κ3) is 2.84. The lowest BCUT2D eigenvalue weighted by Crippen LogP contribution is -1.94. The van der Waals surface area contributed by atoms with Crippen molar-refractivity contribution in [2.45, 2.75) is 13.2 Å². The Balaban J connectivity index is 1.94. The van der Waals surface area contributed by atoms with Gasteiger partial charge in [0.1, 0.15) is 19.0 Å². The first-order chi connectivity index (χ1) is 7.88. The molecule has 0 unspecified atom stereocenters. The Morgan fingerprint density at radius 2 is 1.50 bits per heavy atom. The van der Waals surface area contributed by atoms with Crippen LogP contribution in [-0.4, -0.2) is 0 Å². The Morgan fingerprint density at radius 1 is 0.812 bits per heavy atom. The highest BCUT2D eigenvalue weighted by atomic mass is 16.5. The molecule has 0 fully saturated rings. The summed E-state index contributed by atoms with van der Waals surface area (Å²) in [6, 6.07) is 17.2. The van der Waals surface area contributed by atoms with Crippen molar-refractivity contribution in [2.75, 3.05) is 0 Å². The Kier molecular flexibility index (Phi) is 3.57. The van der Waals surface area contributed by atoms with E-state index in [4.69, 9.17) is 4.74 Å². The average Bonchev–Trinajstić information content (AvgIpc) is 2.38. The molecule has 0 N–H and O–H groups in total. The molecule has 0 aliphatic heterocycles. The third-order valence-electron chi connectivity index (χ3n) is 2.34. The van der Waals surface area contributed by atoms with Gasteiger partial charge in [0.25, 0.3) is 0 Å². The zero-order valence-corrected chi connectivity index (χ0v) is 8.93. The number of benzene rings is 2. The van der Waals surface area contributed by atoms with Crippen LogP contribution in [0, 0.1) is 0 Å². The average molecular weight is 213 g/mol. The number of ether oxygens (including phenoxy) is 1. The largest absolute Gasteiger partial charge is 0.489 e. The minimum atomic E-state index is -0.182. The van der Waals surface area contributed by atoms with Crippen molar-refractivity contribution >= 4 is 0 Å². The minimum absolute atomic E-state index is 0.182. The summed E-state index contributed by atoms with van der Waals surface area (Å²) in [6.07, 6.45) is 0. The lowest BCUT2D eigenvalue weighted by molar-refractivity contribution is 0.177. The Hall–Kier alpha value is -1.80. The summed E-state index contributed by atoms with van der Waals surface area (Å²) in [5.41, 5.74) is 1.92. The second-order valence-corrected chi connectivity index (χ2v) is 3.56. The van der Waals surface area contributed by atoms with Crippen molar-refractivity contribution in [1.82, 2.24) is 0 Å². The van der Waals surface area contributed by atoms with Crippen LogP contribution in [0.15, 0.2) is 54.6 Å².